The van der Waals surface area contributed by atoms with E-state index in [1.54, 1.807) is 23.0 Å². The van der Waals surface area contributed by atoms with E-state index < -0.39 is 0 Å². The first-order chi connectivity index (χ1) is 9.61. The minimum absolute atomic E-state index is 0.229. The molecule has 0 aliphatic rings. The molecule has 0 atom stereocenters. The standard InChI is InChI=1S/C15H21FN4/c1-4-7-20-15(10-18-19-20)13-6-5-12(8-14(13)16)9-17-11(2)3/h5-6,8,10-11,17H,4,7,9H2,1-3H3. The van der Waals surface area contributed by atoms with Crippen molar-refractivity contribution in [3.05, 3.63) is 35.8 Å². The Kier molecular flexibility index (Phi) is 4.84. The van der Waals surface area contributed by atoms with Gasteiger partial charge in [0.2, 0.25) is 0 Å². The number of nitrogens with zero attached hydrogens (tertiary/aromatic N) is 3. The van der Waals surface area contributed by atoms with Crippen molar-refractivity contribution in [1.29, 1.82) is 0 Å². The molecule has 0 bridgehead atoms. The van der Waals surface area contributed by atoms with Gasteiger partial charge < -0.3 is 5.32 Å². The fourth-order valence-corrected chi connectivity index (χ4v) is 2.04. The molecule has 0 saturated heterocycles. The number of benzene rings is 1. The SMILES string of the molecule is CCCn1nncc1-c1ccc(CNC(C)C)cc1F. The smallest absolute Gasteiger partial charge is 0.132 e. The Hall–Kier alpha value is -1.75. The Morgan fingerprint density at radius 1 is 1.35 bits per heavy atom. The number of aryl methyl sites for hydroxylation is 1. The van der Waals surface area contributed by atoms with Crippen LogP contribution in [0.3, 0.4) is 0 Å². The van der Waals surface area contributed by atoms with Crippen LogP contribution in [0.1, 0.15) is 32.8 Å². The van der Waals surface area contributed by atoms with Crippen LogP contribution in [0.2, 0.25) is 0 Å². The maximum absolute atomic E-state index is 14.3. The zero-order chi connectivity index (χ0) is 14.5. The van der Waals surface area contributed by atoms with Gasteiger partial charge in [-0.1, -0.05) is 32.1 Å². The lowest BCUT2D eigenvalue weighted by Gasteiger charge is -2.10. The van der Waals surface area contributed by atoms with E-state index in [1.165, 1.54) is 0 Å². The number of halogens is 1. The quantitative estimate of drug-likeness (QED) is 0.882. The summed E-state index contributed by atoms with van der Waals surface area (Å²) in [5, 5.41) is 11.1. The highest BCUT2D eigenvalue weighted by atomic mass is 19.1. The van der Waals surface area contributed by atoms with E-state index in [-0.39, 0.29) is 5.82 Å². The van der Waals surface area contributed by atoms with Crippen molar-refractivity contribution in [2.45, 2.75) is 46.3 Å². The first kappa shape index (κ1) is 14.7. The van der Waals surface area contributed by atoms with Crippen LogP contribution >= 0.6 is 0 Å². The second-order valence-electron chi connectivity index (χ2n) is 5.19. The molecule has 0 amide bonds. The average molecular weight is 276 g/mol. The molecule has 0 aliphatic carbocycles. The summed E-state index contributed by atoms with van der Waals surface area (Å²) in [6.07, 6.45) is 2.55. The Morgan fingerprint density at radius 2 is 2.15 bits per heavy atom. The highest BCUT2D eigenvalue weighted by molar-refractivity contribution is 5.59. The maximum atomic E-state index is 14.3. The number of hydrogen-bond donors (Lipinski definition) is 1. The molecule has 1 heterocycles. The van der Waals surface area contributed by atoms with Crippen LogP contribution in [0.5, 0.6) is 0 Å². The lowest BCUT2D eigenvalue weighted by atomic mass is 10.1. The van der Waals surface area contributed by atoms with Crippen LogP contribution in [0.25, 0.3) is 11.3 Å². The monoisotopic (exact) mass is 276 g/mol. The highest BCUT2D eigenvalue weighted by Gasteiger charge is 2.11. The summed E-state index contributed by atoms with van der Waals surface area (Å²) < 4.78 is 16.0. The van der Waals surface area contributed by atoms with Gasteiger partial charge in [-0.05, 0) is 24.1 Å². The van der Waals surface area contributed by atoms with E-state index in [4.69, 9.17) is 0 Å². The molecule has 20 heavy (non-hydrogen) atoms. The molecule has 1 aromatic heterocycles. The molecule has 0 saturated carbocycles. The third kappa shape index (κ3) is 3.42. The first-order valence-electron chi connectivity index (χ1n) is 7.02. The van der Waals surface area contributed by atoms with Crippen LogP contribution < -0.4 is 5.32 Å². The van der Waals surface area contributed by atoms with Gasteiger partial charge in [0.25, 0.3) is 0 Å². The maximum Gasteiger partial charge on any atom is 0.132 e. The number of hydrogen-bond acceptors (Lipinski definition) is 3. The molecular formula is C15H21FN4. The van der Waals surface area contributed by atoms with Gasteiger partial charge in [-0.3, -0.25) is 0 Å². The Morgan fingerprint density at radius 3 is 2.80 bits per heavy atom. The van der Waals surface area contributed by atoms with E-state index in [0.29, 0.717) is 18.2 Å². The minimum atomic E-state index is -0.229. The molecule has 1 aromatic carbocycles. The zero-order valence-electron chi connectivity index (χ0n) is 12.2. The molecule has 0 aliphatic heterocycles. The molecule has 108 valence electrons. The van der Waals surface area contributed by atoms with E-state index in [9.17, 15) is 4.39 Å². The number of nitrogens with one attached hydrogen (secondary N) is 1. The normalized spacial score (nSPS) is 11.2. The second-order valence-corrected chi connectivity index (χ2v) is 5.19. The zero-order valence-corrected chi connectivity index (χ0v) is 12.2. The molecule has 2 aromatic rings. The van der Waals surface area contributed by atoms with Crippen molar-refractivity contribution in [3.63, 3.8) is 0 Å². The molecule has 2 rings (SSSR count). The Bertz CT molecular complexity index is 563. The van der Waals surface area contributed by atoms with E-state index in [1.807, 2.05) is 6.07 Å². The molecule has 4 nitrogen and oxygen atoms in total. The van der Waals surface area contributed by atoms with Crippen molar-refractivity contribution in [2.75, 3.05) is 0 Å². The van der Waals surface area contributed by atoms with E-state index in [0.717, 1.165) is 24.2 Å². The van der Waals surface area contributed by atoms with Crippen molar-refractivity contribution >= 4 is 0 Å². The summed E-state index contributed by atoms with van der Waals surface area (Å²) in [7, 11) is 0. The predicted molar refractivity (Wildman–Crippen MR) is 77.7 cm³/mol. The summed E-state index contributed by atoms with van der Waals surface area (Å²) in [6.45, 7) is 7.61. The molecule has 1 N–H and O–H groups in total. The molecule has 0 spiro atoms. The number of aromatic nitrogens is 3. The van der Waals surface area contributed by atoms with E-state index >= 15 is 0 Å². The summed E-state index contributed by atoms with van der Waals surface area (Å²) in [5.74, 6) is -0.229. The topological polar surface area (TPSA) is 42.7 Å². The van der Waals surface area contributed by atoms with Crippen LogP contribution in [-0.4, -0.2) is 21.0 Å². The van der Waals surface area contributed by atoms with Gasteiger partial charge in [0.15, 0.2) is 0 Å². The summed E-state index contributed by atoms with van der Waals surface area (Å²) in [6, 6.07) is 5.70. The van der Waals surface area contributed by atoms with Crippen LogP contribution in [-0.2, 0) is 13.1 Å². The van der Waals surface area contributed by atoms with Crippen LogP contribution in [0, 0.1) is 5.82 Å². The van der Waals surface area contributed by atoms with Crippen LogP contribution in [0.15, 0.2) is 24.4 Å². The van der Waals surface area contributed by atoms with Gasteiger partial charge in [-0.25, -0.2) is 9.07 Å². The second kappa shape index (κ2) is 6.61. The largest absolute Gasteiger partial charge is 0.310 e. The van der Waals surface area contributed by atoms with Gasteiger partial charge in [-0.15, -0.1) is 5.10 Å². The Labute approximate surface area is 119 Å². The summed E-state index contributed by atoms with van der Waals surface area (Å²) in [4.78, 5) is 0. The van der Waals surface area contributed by atoms with Crippen molar-refractivity contribution < 1.29 is 4.39 Å². The lowest BCUT2D eigenvalue weighted by molar-refractivity contribution is 0.574. The van der Waals surface area contributed by atoms with Gasteiger partial charge in [0, 0.05) is 24.7 Å². The molecule has 0 unspecified atom stereocenters. The van der Waals surface area contributed by atoms with Crippen molar-refractivity contribution in [3.8, 4) is 11.3 Å². The van der Waals surface area contributed by atoms with Crippen LogP contribution in [0.4, 0.5) is 4.39 Å². The van der Waals surface area contributed by atoms with E-state index in [2.05, 4.69) is 36.4 Å². The fraction of sp³-hybridized carbons (Fsp3) is 0.467. The average Bonchev–Trinajstić information content (AvgIpc) is 2.85. The van der Waals surface area contributed by atoms with Gasteiger partial charge in [-0.2, -0.15) is 0 Å². The molecule has 0 fully saturated rings. The molecular weight excluding hydrogens is 255 g/mol. The highest BCUT2D eigenvalue weighted by Crippen LogP contribution is 2.23. The van der Waals surface area contributed by atoms with Gasteiger partial charge in [0.1, 0.15) is 5.82 Å². The predicted octanol–water partition coefficient (Wildman–Crippen LogP) is 2.99. The minimum Gasteiger partial charge on any atom is -0.310 e. The molecule has 5 heteroatoms. The van der Waals surface area contributed by atoms with Crippen molar-refractivity contribution in [2.24, 2.45) is 0 Å². The third-order valence-electron chi connectivity index (χ3n) is 3.08. The summed E-state index contributed by atoms with van der Waals surface area (Å²) >= 11 is 0. The number of rotatable bonds is 6. The lowest BCUT2D eigenvalue weighted by Crippen LogP contribution is -2.21. The first-order valence-corrected chi connectivity index (χ1v) is 7.02. The summed E-state index contributed by atoms with van der Waals surface area (Å²) in [5.41, 5.74) is 2.22. The third-order valence-corrected chi connectivity index (χ3v) is 3.08. The Balaban J connectivity index is 2.23. The van der Waals surface area contributed by atoms with Gasteiger partial charge in [0.05, 0.1) is 11.9 Å². The molecule has 0 radical (unpaired) electrons. The fourth-order valence-electron chi connectivity index (χ4n) is 2.04. The van der Waals surface area contributed by atoms with Crippen molar-refractivity contribution in [1.82, 2.24) is 20.3 Å². The van der Waals surface area contributed by atoms with Gasteiger partial charge >= 0.3 is 0 Å².